The second-order valence-electron chi connectivity index (χ2n) is 2.41. The number of halogens is 2. The van der Waals surface area contributed by atoms with Crippen LogP contribution < -0.4 is 5.32 Å². The van der Waals surface area contributed by atoms with Gasteiger partial charge < -0.3 is 5.32 Å². The zero-order valence-electron chi connectivity index (χ0n) is 7.18. The SMILES string of the molecule is CSCCNc1cc(Br)cnc1Br. The van der Waals surface area contributed by atoms with Crippen molar-refractivity contribution >= 4 is 49.3 Å². The van der Waals surface area contributed by atoms with Gasteiger partial charge in [0, 0.05) is 23.0 Å². The number of nitrogens with one attached hydrogen (secondary N) is 1. The van der Waals surface area contributed by atoms with Crippen LogP contribution in [0, 0.1) is 0 Å². The van der Waals surface area contributed by atoms with E-state index in [4.69, 9.17) is 0 Å². The lowest BCUT2D eigenvalue weighted by Crippen LogP contribution is -2.04. The molecule has 1 aromatic heterocycles. The van der Waals surface area contributed by atoms with Gasteiger partial charge in [0.1, 0.15) is 4.60 Å². The van der Waals surface area contributed by atoms with Crippen molar-refractivity contribution in [1.82, 2.24) is 4.98 Å². The number of nitrogens with zero attached hydrogens (tertiary/aromatic N) is 1. The van der Waals surface area contributed by atoms with Crippen molar-refractivity contribution in [3.63, 3.8) is 0 Å². The highest BCUT2D eigenvalue weighted by atomic mass is 79.9. The Hall–Kier alpha value is 0.260. The maximum absolute atomic E-state index is 4.16. The first-order valence-corrected chi connectivity index (χ1v) is 6.76. The van der Waals surface area contributed by atoms with E-state index in [0.29, 0.717) is 0 Å². The highest BCUT2D eigenvalue weighted by molar-refractivity contribution is 9.11. The van der Waals surface area contributed by atoms with Gasteiger partial charge in [-0.05, 0) is 44.2 Å². The Morgan fingerprint density at radius 2 is 2.31 bits per heavy atom. The number of pyridine rings is 1. The van der Waals surface area contributed by atoms with Crippen LogP contribution in [0.2, 0.25) is 0 Å². The quantitative estimate of drug-likeness (QED) is 0.678. The Morgan fingerprint density at radius 3 is 3.00 bits per heavy atom. The average molecular weight is 326 g/mol. The Bertz CT molecular complexity index is 281. The molecule has 2 nitrogen and oxygen atoms in total. The molecule has 1 heterocycles. The van der Waals surface area contributed by atoms with Gasteiger partial charge in [0.25, 0.3) is 0 Å². The number of hydrogen-bond donors (Lipinski definition) is 1. The van der Waals surface area contributed by atoms with Crippen molar-refractivity contribution in [3.05, 3.63) is 21.3 Å². The summed E-state index contributed by atoms with van der Waals surface area (Å²) in [6.45, 7) is 0.956. The van der Waals surface area contributed by atoms with E-state index in [1.165, 1.54) is 0 Å². The van der Waals surface area contributed by atoms with Gasteiger partial charge >= 0.3 is 0 Å². The number of hydrogen-bond acceptors (Lipinski definition) is 3. The predicted molar refractivity (Wildman–Crippen MR) is 66.5 cm³/mol. The van der Waals surface area contributed by atoms with Crippen molar-refractivity contribution in [2.75, 3.05) is 23.9 Å². The number of aromatic nitrogens is 1. The van der Waals surface area contributed by atoms with E-state index >= 15 is 0 Å². The summed E-state index contributed by atoms with van der Waals surface area (Å²) in [5.74, 6) is 1.10. The highest BCUT2D eigenvalue weighted by Crippen LogP contribution is 2.23. The molecule has 0 aliphatic heterocycles. The smallest absolute Gasteiger partial charge is 0.129 e. The van der Waals surface area contributed by atoms with E-state index in [0.717, 1.165) is 27.1 Å². The second kappa shape index (κ2) is 5.88. The first-order valence-electron chi connectivity index (χ1n) is 3.78. The molecule has 0 aliphatic rings. The Kier molecular flexibility index (Phi) is 5.13. The molecule has 0 saturated heterocycles. The summed E-state index contributed by atoms with van der Waals surface area (Å²) >= 11 is 8.58. The molecular formula is C8H10Br2N2S. The molecule has 0 spiro atoms. The van der Waals surface area contributed by atoms with Crippen molar-refractivity contribution < 1.29 is 0 Å². The minimum absolute atomic E-state index is 0.858. The van der Waals surface area contributed by atoms with Crippen LogP contribution in [0.25, 0.3) is 0 Å². The summed E-state index contributed by atoms with van der Waals surface area (Å²) < 4.78 is 1.85. The molecule has 1 N–H and O–H groups in total. The fraction of sp³-hybridized carbons (Fsp3) is 0.375. The maximum atomic E-state index is 4.16. The van der Waals surface area contributed by atoms with Crippen LogP contribution in [-0.4, -0.2) is 23.5 Å². The fourth-order valence-electron chi connectivity index (χ4n) is 0.834. The van der Waals surface area contributed by atoms with E-state index in [1.807, 2.05) is 17.8 Å². The van der Waals surface area contributed by atoms with Crippen LogP contribution in [0.15, 0.2) is 21.3 Å². The zero-order chi connectivity index (χ0) is 9.68. The van der Waals surface area contributed by atoms with Gasteiger partial charge in [-0.25, -0.2) is 4.98 Å². The van der Waals surface area contributed by atoms with Gasteiger partial charge in [0.2, 0.25) is 0 Å². The standard InChI is InChI=1S/C8H10Br2N2S/c1-13-3-2-11-7-4-6(9)5-12-8(7)10/h4-5,11H,2-3H2,1H3. The Morgan fingerprint density at radius 1 is 1.54 bits per heavy atom. The molecule has 13 heavy (non-hydrogen) atoms. The molecule has 0 radical (unpaired) electrons. The molecule has 0 atom stereocenters. The van der Waals surface area contributed by atoms with Crippen LogP contribution in [-0.2, 0) is 0 Å². The average Bonchev–Trinajstić information content (AvgIpc) is 2.11. The van der Waals surface area contributed by atoms with Gasteiger partial charge in [-0.2, -0.15) is 11.8 Å². The topological polar surface area (TPSA) is 24.9 Å². The lowest BCUT2D eigenvalue weighted by molar-refractivity contribution is 1.18. The highest BCUT2D eigenvalue weighted by Gasteiger charge is 2.00. The fourth-order valence-corrected chi connectivity index (χ4v) is 1.83. The van der Waals surface area contributed by atoms with Gasteiger partial charge in [0.15, 0.2) is 0 Å². The lowest BCUT2D eigenvalue weighted by Gasteiger charge is -2.06. The predicted octanol–water partition coefficient (Wildman–Crippen LogP) is 3.38. The molecular weight excluding hydrogens is 316 g/mol. The molecule has 72 valence electrons. The third kappa shape index (κ3) is 3.87. The van der Waals surface area contributed by atoms with Crippen LogP contribution in [0.3, 0.4) is 0 Å². The van der Waals surface area contributed by atoms with Crippen LogP contribution in [0.5, 0.6) is 0 Å². The van der Waals surface area contributed by atoms with Crippen molar-refractivity contribution in [3.8, 4) is 0 Å². The minimum atomic E-state index is 0.858. The van der Waals surface area contributed by atoms with Crippen molar-refractivity contribution in [2.24, 2.45) is 0 Å². The van der Waals surface area contributed by atoms with Crippen molar-refractivity contribution in [2.45, 2.75) is 0 Å². The van der Waals surface area contributed by atoms with Gasteiger partial charge in [-0.15, -0.1) is 0 Å². The minimum Gasteiger partial charge on any atom is -0.382 e. The summed E-state index contributed by atoms with van der Waals surface area (Å²) in [6.07, 6.45) is 3.86. The van der Waals surface area contributed by atoms with Crippen molar-refractivity contribution in [1.29, 1.82) is 0 Å². The summed E-state index contributed by atoms with van der Waals surface area (Å²) in [5, 5.41) is 3.29. The molecule has 0 unspecified atom stereocenters. The third-order valence-corrected chi connectivity index (χ3v) is 3.11. The monoisotopic (exact) mass is 324 g/mol. The molecule has 0 saturated carbocycles. The molecule has 0 bridgehead atoms. The molecule has 0 aliphatic carbocycles. The van der Waals surface area contributed by atoms with Gasteiger partial charge in [-0.1, -0.05) is 0 Å². The molecule has 0 fully saturated rings. The molecule has 1 aromatic rings. The summed E-state index contributed by atoms with van der Waals surface area (Å²) in [5.41, 5.74) is 1.03. The first-order chi connectivity index (χ1) is 6.24. The number of thioether (sulfide) groups is 1. The zero-order valence-corrected chi connectivity index (χ0v) is 11.2. The summed E-state index contributed by atoms with van der Waals surface area (Å²) in [6, 6.07) is 2.01. The van der Waals surface area contributed by atoms with E-state index in [1.54, 1.807) is 6.20 Å². The van der Waals surface area contributed by atoms with E-state index in [9.17, 15) is 0 Å². The number of anilines is 1. The van der Waals surface area contributed by atoms with Crippen LogP contribution >= 0.6 is 43.6 Å². The van der Waals surface area contributed by atoms with Gasteiger partial charge in [0.05, 0.1) is 5.69 Å². The number of rotatable bonds is 4. The van der Waals surface area contributed by atoms with E-state index in [2.05, 4.69) is 48.4 Å². The van der Waals surface area contributed by atoms with Gasteiger partial charge in [-0.3, -0.25) is 0 Å². The van der Waals surface area contributed by atoms with E-state index in [-0.39, 0.29) is 0 Å². The van der Waals surface area contributed by atoms with E-state index < -0.39 is 0 Å². The second-order valence-corrected chi connectivity index (χ2v) is 5.06. The summed E-state index contributed by atoms with van der Waals surface area (Å²) in [7, 11) is 0. The maximum Gasteiger partial charge on any atom is 0.129 e. The molecule has 1 rings (SSSR count). The Labute approximate surface area is 99.2 Å². The lowest BCUT2D eigenvalue weighted by atomic mass is 10.4. The Balaban J connectivity index is 2.59. The first kappa shape index (κ1) is 11.3. The normalized spacial score (nSPS) is 10.1. The largest absolute Gasteiger partial charge is 0.382 e. The third-order valence-electron chi connectivity index (χ3n) is 1.43. The molecule has 0 amide bonds. The molecule has 5 heteroatoms. The van der Waals surface area contributed by atoms with Crippen LogP contribution in [0.4, 0.5) is 5.69 Å². The molecule has 0 aromatic carbocycles. The van der Waals surface area contributed by atoms with Crippen LogP contribution in [0.1, 0.15) is 0 Å². The summed E-state index contributed by atoms with van der Waals surface area (Å²) in [4.78, 5) is 4.16.